The second-order valence-electron chi connectivity index (χ2n) is 9.37. The summed E-state index contributed by atoms with van der Waals surface area (Å²) in [6, 6.07) is 28.6. The Kier molecular flexibility index (Phi) is 5.21. The third-order valence-electron chi connectivity index (χ3n) is 6.98. The number of fused-ring (bicyclic) bond motifs is 6. The smallest absolute Gasteiger partial charge is 0.228 e. The molecule has 0 radical (unpaired) electrons. The van der Waals surface area contributed by atoms with Crippen LogP contribution in [0.25, 0.3) is 16.4 Å². The Morgan fingerprint density at radius 3 is 2.50 bits per heavy atom. The fourth-order valence-corrected chi connectivity index (χ4v) is 5.08. The molecule has 0 spiro atoms. The van der Waals surface area contributed by atoms with Gasteiger partial charge in [-0.25, -0.2) is 14.5 Å². The van der Waals surface area contributed by atoms with Gasteiger partial charge in [-0.3, -0.25) is 0 Å². The SMILES string of the molecule is COc1ccc([C@@H]2c3ccc4ccccc4c3Oc3ncn4nc(COc5ccc(C)cc5)nc4c32)cc1. The average molecular weight is 501 g/mol. The van der Waals surface area contributed by atoms with Crippen LogP contribution in [-0.4, -0.2) is 26.7 Å². The molecule has 186 valence electrons. The molecule has 2 aromatic heterocycles. The third kappa shape index (κ3) is 3.71. The Morgan fingerprint density at radius 2 is 1.68 bits per heavy atom. The Hall–Kier alpha value is -4.91. The number of methoxy groups -OCH3 is 1. The summed E-state index contributed by atoms with van der Waals surface area (Å²) in [5.41, 5.74) is 4.88. The number of aryl methyl sites for hydroxylation is 1. The summed E-state index contributed by atoms with van der Waals surface area (Å²) < 4.78 is 19.6. The molecule has 0 unspecified atom stereocenters. The fraction of sp³-hybridized carbons (Fsp3) is 0.129. The first kappa shape index (κ1) is 22.3. The molecule has 0 fully saturated rings. The van der Waals surface area contributed by atoms with Gasteiger partial charge in [-0.15, -0.1) is 5.10 Å². The number of nitrogens with zero attached hydrogens (tertiary/aromatic N) is 4. The molecule has 0 aliphatic carbocycles. The van der Waals surface area contributed by atoms with Crippen LogP contribution < -0.4 is 14.2 Å². The highest BCUT2D eigenvalue weighted by Gasteiger charge is 2.34. The van der Waals surface area contributed by atoms with Gasteiger partial charge in [-0.1, -0.05) is 66.2 Å². The van der Waals surface area contributed by atoms with Gasteiger partial charge in [0.15, 0.2) is 11.5 Å². The minimum Gasteiger partial charge on any atom is -0.497 e. The molecule has 1 atom stereocenters. The van der Waals surface area contributed by atoms with E-state index >= 15 is 0 Å². The van der Waals surface area contributed by atoms with Crippen LogP contribution in [0.5, 0.6) is 23.1 Å². The number of hydrogen-bond acceptors (Lipinski definition) is 6. The van der Waals surface area contributed by atoms with Crippen molar-refractivity contribution in [2.75, 3.05) is 7.11 Å². The first-order chi connectivity index (χ1) is 18.7. The Labute approximate surface area is 219 Å². The molecule has 38 heavy (non-hydrogen) atoms. The van der Waals surface area contributed by atoms with Gasteiger partial charge in [-0.2, -0.15) is 0 Å². The van der Waals surface area contributed by atoms with Crippen LogP contribution >= 0.6 is 0 Å². The maximum absolute atomic E-state index is 6.50. The second-order valence-corrected chi connectivity index (χ2v) is 9.37. The van der Waals surface area contributed by atoms with Crippen molar-refractivity contribution >= 4 is 16.4 Å². The summed E-state index contributed by atoms with van der Waals surface area (Å²) >= 11 is 0. The Balaban J connectivity index is 1.37. The van der Waals surface area contributed by atoms with Gasteiger partial charge in [0.05, 0.1) is 12.7 Å². The lowest BCUT2D eigenvalue weighted by molar-refractivity contribution is 0.296. The zero-order valence-electron chi connectivity index (χ0n) is 21.0. The summed E-state index contributed by atoms with van der Waals surface area (Å²) in [4.78, 5) is 9.56. The van der Waals surface area contributed by atoms with Gasteiger partial charge in [0.2, 0.25) is 5.88 Å². The fourth-order valence-electron chi connectivity index (χ4n) is 5.08. The average Bonchev–Trinajstić information content (AvgIpc) is 3.39. The van der Waals surface area contributed by atoms with E-state index in [4.69, 9.17) is 19.2 Å². The lowest BCUT2D eigenvalue weighted by Crippen LogP contribution is -2.15. The molecule has 1 aliphatic heterocycles. The number of rotatable bonds is 5. The highest BCUT2D eigenvalue weighted by molar-refractivity contribution is 5.91. The van der Waals surface area contributed by atoms with Crippen molar-refractivity contribution < 1.29 is 14.2 Å². The van der Waals surface area contributed by atoms with Crippen molar-refractivity contribution in [3.63, 3.8) is 0 Å². The summed E-state index contributed by atoms with van der Waals surface area (Å²) in [6.45, 7) is 2.29. The summed E-state index contributed by atoms with van der Waals surface area (Å²) in [5, 5.41) is 6.82. The van der Waals surface area contributed by atoms with E-state index in [1.807, 2.05) is 55.5 Å². The molecule has 0 saturated carbocycles. The van der Waals surface area contributed by atoms with E-state index in [1.165, 1.54) is 5.56 Å². The second kappa shape index (κ2) is 8.88. The highest BCUT2D eigenvalue weighted by atomic mass is 16.5. The molecule has 7 rings (SSSR count). The standard InChI is InChI=1S/C31H24N4O3/c1-19-7-12-23(13-8-19)37-17-26-33-30-28-27(21-9-14-22(36-2)15-10-21)25-16-11-20-5-3-4-6-24(20)29(25)38-31(28)32-18-35(30)34-26/h3-16,18,27H,17H2,1-2H3/t27-/m1/s1. The lowest BCUT2D eigenvalue weighted by atomic mass is 9.83. The van der Waals surface area contributed by atoms with Crippen LogP contribution in [0.4, 0.5) is 0 Å². The predicted octanol–water partition coefficient (Wildman–Crippen LogP) is 6.46. The Bertz CT molecular complexity index is 1790. The Morgan fingerprint density at radius 1 is 0.895 bits per heavy atom. The van der Waals surface area contributed by atoms with Gasteiger partial charge >= 0.3 is 0 Å². The number of hydrogen-bond donors (Lipinski definition) is 0. The van der Waals surface area contributed by atoms with Crippen molar-refractivity contribution in [3.05, 3.63) is 119 Å². The van der Waals surface area contributed by atoms with Crippen molar-refractivity contribution in [2.45, 2.75) is 19.4 Å². The van der Waals surface area contributed by atoms with E-state index in [2.05, 4.69) is 46.5 Å². The predicted molar refractivity (Wildman–Crippen MR) is 144 cm³/mol. The molecule has 7 heteroatoms. The lowest BCUT2D eigenvalue weighted by Gasteiger charge is -2.28. The van der Waals surface area contributed by atoms with Crippen LogP contribution in [-0.2, 0) is 6.61 Å². The highest BCUT2D eigenvalue weighted by Crippen LogP contribution is 2.50. The van der Waals surface area contributed by atoms with Gasteiger partial charge in [0, 0.05) is 16.9 Å². The van der Waals surface area contributed by atoms with Gasteiger partial charge in [0.1, 0.15) is 30.2 Å². The van der Waals surface area contributed by atoms with Crippen LogP contribution in [0.2, 0.25) is 0 Å². The minimum absolute atomic E-state index is 0.157. The monoisotopic (exact) mass is 500 g/mol. The molecular weight excluding hydrogens is 476 g/mol. The van der Waals surface area contributed by atoms with Crippen molar-refractivity contribution in [2.24, 2.45) is 0 Å². The van der Waals surface area contributed by atoms with Crippen LogP contribution in [0, 0.1) is 6.92 Å². The van der Waals surface area contributed by atoms with Crippen LogP contribution in [0.1, 0.15) is 34.0 Å². The third-order valence-corrected chi connectivity index (χ3v) is 6.98. The van der Waals surface area contributed by atoms with Crippen molar-refractivity contribution in [1.29, 1.82) is 0 Å². The van der Waals surface area contributed by atoms with Crippen molar-refractivity contribution in [1.82, 2.24) is 19.6 Å². The number of aromatic nitrogens is 4. The molecule has 4 aromatic carbocycles. The summed E-state index contributed by atoms with van der Waals surface area (Å²) in [5.74, 6) is 3.33. The normalized spacial score (nSPS) is 14.1. The number of ether oxygens (including phenoxy) is 3. The van der Waals surface area contributed by atoms with Gasteiger partial charge in [0.25, 0.3) is 0 Å². The molecule has 3 heterocycles. The molecule has 0 N–H and O–H groups in total. The molecule has 0 amide bonds. The van der Waals surface area contributed by atoms with E-state index in [-0.39, 0.29) is 12.5 Å². The van der Waals surface area contributed by atoms with E-state index in [0.29, 0.717) is 17.4 Å². The van der Waals surface area contributed by atoms with E-state index < -0.39 is 0 Å². The van der Waals surface area contributed by atoms with Crippen molar-refractivity contribution in [3.8, 4) is 23.1 Å². The van der Waals surface area contributed by atoms with Gasteiger partial charge in [-0.05, 0) is 42.1 Å². The largest absolute Gasteiger partial charge is 0.497 e. The van der Waals surface area contributed by atoms with Crippen LogP contribution in [0.15, 0.2) is 91.3 Å². The first-order valence-corrected chi connectivity index (χ1v) is 12.4. The minimum atomic E-state index is -0.157. The molecular formula is C31H24N4O3. The van der Waals surface area contributed by atoms with E-state index in [9.17, 15) is 0 Å². The summed E-state index contributed by atoms with van der Waals surface area (Å²) in [6.07, 6.45) is 1.65. The van der Waals surface area contributed by atoms with E-state index in [0.717, 1.165) is 44.7 Å². The van der Waals surface area contributed by atoms with Gasteiger partial charge < -0.3 is 14.2 Å². The molecule has 6 aromatic rings. The van der Waals surface area contributed by atoms with Crippen LogP contribution in [0.3, 0.4) is 0 Å². The maximum atomic E-state index is 6.50. The summed E-state index contributed by atoms with van der Waals surface area (Å²) in [7, 11) is 1.67. The van der Waals surface area contributed by atoms with E-state index in [1.54, 1.807) is 18.0 Å². The quantitative estimate of drug-likeness (QED) is 0.270. The zero-order chi connectivity index (χ0) is 25.6. The molecule has 1 aliphatic rings. The molecule has 7 nitrogen and oxygen atoms in total. The zero-order valence-corrected chi connectivity index (χ0v) is 21.0. The molecule has 0 bridgehead atoms. The first-order valence-electron chi connectivity index (χ1n) is 12.4. The topological polar surface area (TPSA) is 70.8 Å². The molecule has 0 saturated heterocycles. The maximum Gasteiger partial charge on any atom is 0.228 e. The number of benzene rings is 4.